The highest BCUT2D eigenvalue weighted by Crippen LogP contribution is 2.27. The highest BCUT2D eigenvalue weighted by molar-refractivity contribution is 5.94. The summed E-state index contributed by atoms with van der Waals surface area (Å²) in [4.78, 5) is 16.5. The lowest BCUT2D eigenvalue weighted by Gasteiger charge is -2.22. The lowest BCUT2D eigenvalue weighted by Crippen LogP contribution is -2.23. The molecule has 1 saturated carbocycles. The number of nitrogens with zero attached hydrogens (tertiary/aromatic N) is 2. The molecule has 0 unspecified atom stereocenters. The Balaban J connectivity index is 1.51. The van der Waals surface area contributed by atoms with E-state index < -0.39 is 0 Å². The zero-order chi connectivity index (χ0) is 18.9. The summed E-state index contributed by atoms with van der Waals surface area (Å²) in [6.07, 6.45) is 7.90. The van der Waals surface area contributed by atoms with E-state index in [-0.39, 0.29) is 12.5 Å². The molecule has 2 N–H and O–H groups in total. The number of pyridine rings is 1. The third-order valence-corrected chi connectivity index (χ3v) is 4.69. The van der Waals surface area contributed by atoms with Crippen LogP contribution in [0.3, 0.4) is 0 Å². The van der Waals surface area contributed by atoms with Crippen LogP contribution in [0.5, 0.6) is 5.75 Å². The van der Waals surface area contributed by atoms with Gasteiger partial charge in [0.2, 0.25) is 5.91 Å². The predicted molar refractivity (Wildman–Crippen MR) is 105 cm³/mol. The number of carbonyl (C=O) groups excluding carboxylic acids is 1. The molecule has 1 aliphatic carbocycles. The van der Waals surface area contributed by atoms with E-state index in [1.54, 1.807) is 36.5 Å². The van der Waals surface area contributed by atoms with Crippen molar-refractivity contribution in [3.8, 4) is 11.8 Å². The minimum atomic E-state index is -0.208. The highest BCUT2D eigenvalue weighted by atomic mass is 16.5. The molecule has 1 aliphatic rings. The van der Waals surface area contributed by atoms with E-state index in [1.165, 1.54) is 32.1 Å². The average Bonchev–Trinajstić information content (AvgIpc) is 2.73. The van der Waals surface area contributed by atoms with Gasteiger partial charge < -0.3 is 15.4 Å². The molecule has 140 valence electrons. The zero-order valence-corrected chi connectivity index (χ0v) is 15.3. The molecule has 0 aliphatic heterocycles. The topological polar surface area (TPSA) is 87.0 Å². The highest BCUT2D eigenvalue weighted by Gasteiger charge is 2.15. The van der Waals surface area contributed by atoms with Crippen molar-refractivity contribution in [1.29, 1.82) is 5.26 Å². The first-order chi connectivity index (χ1) is 13.2. The normalized spacial score (nSPS) is 14.2. The summed E-state index contributed by atoms with van der Waals surface area (Å²) < 4.78 is 5.94. The van der Waals surface area contributed by atoms with Crippen LogP contribution in [0.1, 0.15) is 37.7 Å². The molecule has 2 aromatic rings. The van der Waals surface area contributed by atoms with E-state index in [0.717, 1.165) is 5.69 Å². The van der Waals surface area contributed by atoms with Gasteiger partial charge in [-0.1, -0.05) is 19.3 Å². The number of nitrogens with one attached hydrogen (secondary N) is 2. The second-order valence-corrected chi connectivity index (χ2v) is 6.76. The second-order valence-electron chi connectivity index (χ2n) is 6.76. The van der Waals surface area contributed by atoms with Gasteiger partial charge in [-0.2, -0.15) is 5.26 Å². The van der Waals surface area contributed by atoms with Crippen molar-refractivity contribution in [2.75, 3.05) is 23.8 Å². The van der Waals surface area contributed by atoms with Crippen LogP contribution in [0, 0.1) is 17.2 Å². The maximum Gasteiger partial charge on any atom is 0.244 e. The van der Waals surface area contributed by atoms with Crippen molar-refractivity contribution in [3.63, 3.8) is 0 Å². The van der Waals surface area contributed by atoms with E-state index in [2.05, 4.69) is 21.7 Å². The van der Waals surface area contributed by atoms with E-state index in [9.17, 15) is 4.79 Å². The van der Waals surface area contributed by atoms with Gasteiger partial charge in [0, 0.05) is 11.9 Å². The Morgan fingerprint density at radius 3 is 2.70 bits per heavy atom. The maximum atomic E-state index is 12.2. The zero-order valence-electron chi connectivity index (χ0n) is 15.3. The van der Waals surface area contributed by atoms with Crippen molar-refractivity contribution in [2.24, 2.45) is 5.92 Å². The molecule has 6 nitrogen and oxygen atoms in total. The standard InChI is InChI=1S/C21H24N4O2/c22-13-16-8-10-18(11-9-16)24-14-20(26)25-21-19(7-4-12-23-21)27-15-17-5-2-1-3-6-17/h4,7-12,17,24H,1-3,5-6,14-15H2,(H,23,25,26). The summed E-state index contributed by atoms with van der Waals surface area (Å²) in [5.41, 5.74) is 1.36. The molecular formula is C21H24N4O2. The lowest BCUT2D eigenvalue weighted by atomic mass is 9.90. The van der Waals surface area contributed by atoms with Crippen LogP contribution in [0.4, 0.5) is 11.5 Å². The van der Waals surface area contributed by atoms with Crippen LogP contribution in [-0.4, -0.2) is 24.0 Å². The molecule has 3 rings (SSSR count). The summed E-state index contributed by atoms with van der Waals surface area (Å²) in [7, 11) is 0. The van der Waals surface area contributed by atoms with E-state index in [1.807, 2.05) is 6.07 Å². The van der Waals surface area contributed by atoms with Crippen LogP contribution in [0.15, 0.2) is 42.6 Å². The van der Waals surface area contributed by atoms with E-state index >= 15 is 0 Å². The molecule has 1 amide bonds. The smallest absolute Gasteiger partial charge is 0.244 e. The van der Waals surface area contributed by atoms with Crippen molar-refractivity contribution in [2.45, 2.75) is 32.1 Å². The molecular weight excluding hydrogens is 340 g/mol. The van der Waals surface area contributed by atoms with Crippen LogP contribution in [0.2, 0.25) is 0 Å². The van der Waals surface area contributed by atoms with Crippen molar-refractivity contribution < 1.29 is 9.53 Å². The van der Waals surface area contributed by atoms with Crippen LogP contribution in [0.25, 0.3) is 0 Å². The Hall–Kier alpha value is -3.07. The first-order valence-electron chi connectivity index (χ1n) is 9.36. The van der Waals surface area contributed by atoms with Crippen molar-refractivity contribution >= 4 is 17.4 Å². The van der Waals surface area contributed by atoms with Gasteiger partial charge in [0.1, 0.15) is 0 Å². The number of hydrogen-bond acceptors (Lipinski definition) is 5. The summed E-state index contributed by atoms with van der Waals surface area (Å²) >= 11 is 0. The number of rotatable bonds is 7. The average molecular weight is 364 g/mol. The quantitative estimate of drug-likeness (QED) is 0.776. The summed E-state index contributed by atoms with van der Waals surface area (Å²) in [6.45, 7) is 0.766. The number of amides is 1. The Bertz CT molecular complexity index is 793. The number of hydrogen-bond donors (Lipinski definition) is 2. The molecule has 0 saturated heterocycles. The first-order valence-corrected chi connectivity index (χ1v) is 9.36. The Morgan fingerprint density at radius 1 is 1.19 bits per heavy atom. The maximum absolute atomic E-state index is 12.2. The SMILES string of the molecule is N#Cc1ccc(NCC(=O)Nc2ncccc2OCC2CCCCC2)cc1. The molecule has 0 spiro atoms. The molecule has 0 bridgehead atoms. The van der Waals surface area contributed by atoms with Crippen LogP contribution < -0.4 is 15.4 Å². The Morgan fingerprint density at radius 2 is 1.96 bits per heavy atom. The molecule has 1 heterocycles. The fraction of sp³-hybridized carbons (Fsp3) is 0.381. The van der Waals surface area contributed by atoms with Crippen molar-refractivity contribution in [1.82, 2.24) is 4.98 Å². The third kappa shape index (κ3) is 5.71. The van der Waals surface area contributed by atoms with Crippen molar-refractivity contribution in [3.05, 3.63) is 48.2 Å². The fourth-order valence-electron chi connectivity index (χ4n) is 3.18. The summed E-state index contributed by atoms with van der Waals surface area (Å²) in [5, 5.41) is 14.6. The van der Waals surface area contributed by atoms with E-state index in [4.69, 9.17) is 10.00 Å². The number of ether oxygens (including phenoxy) is 1. The Labute approximate surface area is 159 Å². The number of anilines is 2. The molecule has 0 atom stereocenters. The third-order valence-electron chi connectivity index (χ3n) is 4.69. The van der Waals surface area contributed by atoms with Gasteiger partial charge in [0.25, 0.3) is 0 Å². The lowest BCUT2D eigenvalue weighted by molar-refractivity contribution is -0.114. The predicted octanol–water partition coefficient (Wildman–Crippen LogP) is 3.96. The van der Waals surface area contributed by atoms with E-state index in [0.29, 0.717) is 29.7 Å². The minimum Gasteiger partial charge on any atom is -0.489 e. The molecule has 1 aromatic carbocycles. The molecule has 1 aromatic heterocycles. The molecule has 27 heavy (non-hydrogen) atoms. The Kier molecular flexibility index (Phi) is 6.64. The number of benzene rings is 1. The van der Waals surface area contributed by atoms with Gasteiger partial charge >= 0.3 is 0 Å². The largest absolute Gasteiger partial charge is 0.489 e. The summed E-state index contributed by atoms with van der Waals surface area (Å²) in [6, 6.07) is 12.7. The fourth-order valence-corrected chi connectivity index (χ4v) is 3.18. The molecule has 6 heteroatoms. The van der Waals surface area contributed by atoms with Gasteiger partial charge in [-0.05, 0) is 55.2 Å². The number of nitriles is 1. The van der Waals surface area contributed by atoms with Gasteiger partial charge in [0.05, 0.1) is 24.8 Å². The van der Waals surface area contributed by atoms with Crippen LogP contribution in [-0.2, 0) is 4.79 Å². The minimum absolute atomic E-state index is 0.102. The molecule has 0 radical (unpaired) electrons. The first kappa shape index (κ1) is 18.7. The van der Waals surface area contributed by atoms with Gasteiger partial charge in [-0.25, -0.2) is 4.98 Å². The molecule has 1 fully saturated rings. The van der Waals surface area contributed by atoms with Gasteiger partial charge in [-0.15, -0.1) is 0 Å². The monoisotopic (exact) mass is 364 g/mol. The summed E-state index contributed by atoms with van der Waals surface area (Å²) in [5.74, 6) is 1.43. The van der Waals surface area contributed by atoms with Gasteiger partial charge in [0.15, 0.2) is 11.6 Å². The second kappa shape index (κ2) is 9.58. The van der Waals surface area contributed by atoms with Gasteiger partial charge in [-0.3, -0.25) is 4.79 Å². The van der Waals surface area contributed by atoms with Crippen LogP contribution >= 0.6 is 0 Å². The number of aromatic nitrogens is 1. The number of carbonyl (C=O) groups is 1.